The maximum Gasteiger partial charge on any atom is 0.307 e. The summed E-state index contributed by atoms with van der Waals surface area (Å²) in [6, 6.07) is 5.68. The molecule has 0 unspecified atom stereocenters. The van der Waals surface area contributed by atoms with Crippen molar-refractivity contribution in [2.24, 2.45) is 0 Å². The van der Waals surface area contributed by atoms with Crippen LogP contribution in [0.3, 0.4) is 0 Å². The molecule has 0 atom stereocenters. The summed E-state index contributed by atoms with van der Waals surface area (Å²) in [6.07, 6.45) is -0.0103. The number of carboxylic acid groups (broad SMARTS) is 1. The summed E-state index contributed by atoms with van der Waals surface area (Å²) < 4.78 is 12.3. The van der Waals surface area contributed by atoms with E-state index in [-0.39, 0.29) is 6.42 Å². The Morgan fingerprint density at radius 1 is 1.23 bits per heavy atom. The maximum atomic E-state index is 10.9. The van der Waals surface area contributed by atoms with E-state index < -0.39 is 5.97 Å². The van der Waals surface area contributed by atoms with Gasteiger partial charge in [0.15, 0.2) is 11.5 Å². The molecule has 0 aliphatic heterocycles. The highest BCUT2D eigenvalue weighted by molar-refractivity contribution is 5.71. The Bertz CT molecular complexity index is 692. The molecule has 118 valence electrons. The molecule has 0 spiro atoms. The summed E-state index contributed by atoms with van der Waals surface area (Å²) in [6.45, 7) is 4.27. The molecule has 1 aromatic carbocycles. The van der Waals surface area contributed by atoms with Crippen LogP contribution in [0, 0.1) is 13.8 Å². The standard InChI is InChI=1S/C16H20N2O4/c1-10-13(8-16(19)20)11(2)18(17-10)9-12-5-6-14(21-3)15(7-12)22-4/h5-7H,8-9H2,1-4H3,(H,19,20). The fourth-order valence-electron chi connectivity index (χ4n) is 2.45. The lowest BCUT2D eigenvalue weighted by Crippen LogP contribution is -2.06. The fraction of sp³-hybridized carbons (Fsp3) is 0.375. The van der Waals surface area contributed by atoms with E-state index in [1.165, 1.54) is 0 Å². The van der Waals surface area contributed by atoms with Crippen LogP contribution in [-0.4, -0.2) is 35.1 Å². The minimum absolute atomic E-state index is 0.0103. The van der Waals surface area contributed by atoms with Gasteiger partial charge in [0.1, 0.15) is 0 Å². The summed E-state index contributed by atoms with van der Waals surface area (Å²) in [7, 11) is 3.19. The number of aryl methyl sites for hydroxylation is 1. The Morgan fingerprint density at radius 3 is 2.50 bits per heavy atom. The second-order valence-electron chi connectivity index (χ2n) is 5.07. The van der Waals surface area contributed by atoms with Gasteiger partial charge in [0.25, 0.3) is 0 Å². The summed E-state index contributed by atoms with van der Waals surface area (Å²) in [5.74, 6) is 0.482. The van der Waals surface area contributed by atoms with Crippen LogP contribution in [0.4, 0.5) is 0 Å². The number of benzene rings is 1. The Kier molecular flexibility index (Phi) is 4.70. The number of hydrogen-bond donors (Lipinski definition) is 1. The lowest BCUT2D eigenvalue weighted by atomic mass is 10.1. The number of rotatable bonds is 6. The molecule has 1 aromatic heterocycles. The Labute approximate surface area is 129 Å². The smallest absolute Gasteiger partial charge is 0.307 e. The van der Waals surface area contributed by atoms with Gasteiger partial charge in [-0.2, -0.15) is 5.10 Å². The van der Waals surface area contributed by atoms with Crippen molar-refractivity contribution >= 4 is 5.97 Å². The van der Waals surface area contributed by atoms with Gasteiger partial charge in [-0.25, -0.2) is 0 Å². The molecule has 0 aliphatic carbocycles. The monoisotopic (exact) mass is 304 g/mol. The van der Waals surface area contributed by atoms with Crippen LogP contribution in [0.15, 0.2) is 18.2 Å². The summed E-state index contributed by atoms with van der Waals surface area (Å²) in [5, 5.41) is 13.4. The average molecular weight is 304 g/mol. The number of nitrogens with zero attached hydrogens (tertiary/aromatic N) is 2. The van der Waals surface area contributed by atoms with Crippen molar-refractivity contribution in [2.75, 3.05) is 14.2 Å². The van der Waals surface area contributed by atoms with E-state index in [0.717, 1.165) is 22.5 Å². The number of aliphatic carboxylic acids is 1. The van der Waals surface area contributed by atoms with Crippen LogP contribution in [0.2, 0.25) is 0 Å². The first-order valence-corrected chi connectivity index (χ1v) is 6.91. The number of aromatic nitrogens is 2. The first kappa shape index (κ1) is 15.9. The third-order valence-corrected chi connectivity index (χ3v) is 3.64. The Morgan fingerprint density at radius 2 is 1.91 bits per heavy atom. The van der Waals surface area contributed by atoms with Crippen molar-refractivity contribution in [3.8, 4) is 11.5 Å². The predicted octanol–water partition coefficient (Wildman–Crippen LogP) is 2.19. The molecule has 0 bridgehead atoms. The van der Waals surface area contributed by atoms with Crippen LogP contribution in [-0.2, 0) is 17.8 Å². The van der Waals surface area contributed by atoms with E-state index in [9.17, 15) is 4.79 Å². The van der Waals surface area contributed by atoms with Gasteiger partial charge in [0.05, 0.1) is 32.9 Å². The van der Waals surface area contributed by atoms with E-state index in [2.05, 4.69) is 5.10 Å². The molecule has 0 saturated heterocycles. The number of carbonyl (C=O) groups is 1. The molecule has 2 rings (SSSR count). The summed E-state index contributed by atoms with van der Waals surface area (Å²) in [5.41, 5.74) is 3.40. The van der Waals surface area contributed by atoms with Crippen molar-refractivity contribution in [1.29, 1.82) is 0 Å². The van der Waals surface area contributed by atoms with Crippen LogP contribution < -0.4 is 9.47 Å². The fourth-order valence-corrected chi connectivity index (χ4v) is 2.45. The van der Waals surface area contributed by atoms with Crippen molar-refractivity contribution in [1.82, 2.24) is 9.78 Å². The molecule has 0 saturated carbocycles. The second kappa shape index (κ2) is 6.51. The lowest BCUT2D eigenvalue weighted by Gasteiger charge is -2.10. The zero-order valence-corrected chi connectivity index (χ0v) is 13.2. The highest BCUT2D eigenvalue weighted by atomic mass is 16.5. The van der Waals surface area contributed by atoms with E-state index >= 15 is 0 Å². The van der Waals surface area contributed by atoms with Crippen molar-refractivity contribution in [3.05, 3.63) is 40.7 Å². The van der Waals surface area contributed by atoms with Gasteiger partial charge in [-0.3, -0.25) is 9.48 Å². The largest absolute Gasteiger partial charge is 0.493 e. The molecule has 6 heteroatoms. The number of ether oxygens (including phenoxy) is 2. The minimum Gasteiger partial charge on any atom is -0.493 e. The molecule has 0 amide bonds. The highest BCUT2D eigenvalue weighted by Gasteiger charge is 2.15. The molecule has 0 fully saturated rings. The predicted molar refractivity (Wildman–Crippen MR) is 81.7 cm³/mol. The van der Waals surface area contributed by atoms with Gasteiger partial charge in [-0.05, 0) is 31.5 Å². The SMILES string of the molecule is COc1ccc(Cn2nc(C)c(CC(=O)O)c2C)cc1OC. The molecule has 0 aliphatic rings. The number of carboxylic acids is 1. The molecule has 2 aromatic rings. The lowest BCUT2D eigenvalue weighted by molar-refractivity contribution is -0.136. The van der Waals surface area contributed by atoms with Gasteiger partial charge in [0.2, 0.25) is 0 Å². The van der Waals surface area contributed by atoms with Crippen LogP contribution >= 0.6 is 0 Å². The third kappa shape index (κ3) is 3.21. The average Bonchev–Trinajstić information content (AvgIpc) is 2.74. The van der Waals surface area contributed by atoms with Gasteiger partial charge >= 0.3 is 5.97 Å². The second-order valence-corrected chi connectivity index (χ2v) is 5.07. The third-order valence-electron chi connectivity index (χ3n) is 3.64. The van der Waals surface area contributed by atoms with E-state index in [0.29, 0.717) is 18.0 Å². The van der Waals surface area contributed by atoms with Crippen LogP contribution in [0.25, 0.3) is 0 Å². The molecule has 1 heterocycles. The van der Waals surface area contributed by atoms with Gasteiger partial charge in [0, 0.05) is 11.3 Å². The zero-order valence-electron chi connectivity index (χ0n) is 13.2. The van der Waals surface area contributed by atoms with E-state index in [1.807, 2.05) is 36.7 Å². The zero-order chi connectivity index (χ0) is 16.3. The van der Waals surface area contributed by atoms with E-state index in [1.54, 1.807) is 14.2 Å². The van der Waals surface area contributed by atoms with Crippen molar-refractivity contribution in [2.45, 2.75) is 26.8 Å². The molecule has 1 N–H and O–H groups in total. The summed E-state index contributed by atoms with van der Waals surface area (Å²) >= 11 is 0. The molecule has 0 radical (unpaired) electrons. The molecule has 6 nitrogen and oxygen atoms in total. The van der Waals surface area contributed by atoms with Crippen LogP contribution in [0.5, 0.6) is 11.5 Å². The van der Waals surface area contributed by atoms with Crippen molar-refractivity contribution < 1.29 is 19.4 Å². The Balaban J connectivity index is 2.29. The summed E-state index contributed by atoms with van der Waals surface area (Å²) in [4.78, 5) is 10.9. The highest BCUT2D eigenvalue weighted by Crippen LogP contribution is 2.28. The van der Waals surface area contributed by atoms with Gasteiger partial charge in [-0.15, -0.1) is 0 Å². The minimum atomic E-state index is -0.850. The molecular weight excluding hydrogens is 284 g/mol. The quantitative estimate of drug-likeness (QED) is 0.885. The van der Waals surface area contributed by atoms with Gasteiger partial charge < -0.3 is 14.6 Å². The first-order chi connectivity index (χ1) is 10.5. The number of hydrogen-bond acceptors (Lipinski definition) is 4. The van der Waals surface area contributed by atoms with Crippen molar-refractivity contribution in [3.63, 3.8) is 0 Å². The van der Waals surface area contributed by atoms with E-state index in [4.69, 9.17) is 14.6 Å². The topological polar surface area (TPSA) is 73.6 Å². The Hall–Kier alpha value is -2.50. The molecular formula is C16H20N2O4. The number of methoxy groups -OCH3 is 2. The maximum absolute atomic E-state index is 10.9. The van der Waals surface area contributed by atoms with Crippen LogP contribution in [0.1, 0.15) is 22.5 Å². The molecule has 22 heavy (non-hydrogen) atoms. The van der Waals surface area contributed by atoms with Gasteiger partial charge in [-0.1, -0.05) is 6.07 Å². The normalized spacial score (nSPS) is 10.5. The first-order valence-electron chi connectivity index (χ1n) is 6.91.